The molecule has 0 aromatic rings. The molecule has 0 bridgehead atoms. The second-order valence-corrected chi connectivity index (χ2v) is 23.4. The molecule has 3 N–H and O–H groups in total. The molecule has 2 atom stereocenters. The van der Waals surface area contributed by atoms with Gasteiger partial charge < -0.3 is 20.1 Å². The molecule has 0 aromatic carbocycles. The molecular formula is C77H124NO8P. The molecule has 10 heteroatoms. The lowest BCUT2D eigenvalue weighted by Crippen LogP contribution is -2.29. The van der Waals surface area contributed by atoms with E-state index >= 15 is 0 Å². The van der Waals surface area contributed by atoms with Gasteiger partial charge in [-0.1, -0.05) is 299 Å². The molecule has 0 aliphatic rings. The van der Waals surface area contributed by atoms with Gasteiger partial charge in [0.15, 0.2) is 6.10 Å². The number of hydrogen-bond acceptors (Lipinski definition) is 8. The van der Waals surface area contributed by atoms with E-state index in [1.807, 2.05) is 6.08 Å². The predicted octanol–water partition coefficient (Wildman–Crippen LogP) is 22.7. The smallest absolute Gasteiger partial charge is 0.462 e. The number of rotatable bonds is 62. The van der Waals surface area contributed by atoms with Crippen LogP contribution in [-0.4, -0.2) is 49.3 Å². The van der Waals surface area contributed by atoms with E-state index in [2.05, 4.69) is 190 Å². The topological polar surface area (TPSA) is 134 Å². The van der Waals surface area contributed by atoms with E-state index in [1.165, 1.54) is 103 Å². The van der Waals surface area contributed by atoms with Crippen molar-refractivity contribution < 1.29 is 37.6 Å². The summed E-state index contributed by atoms with van der Waals surface area (Å²) in [5.74, 6) is -0.905. The fourth-order valence-corrected chi connectivity index (χ4v) is 9.58. The van der Waals surface area contributed by atoms with Crippen LogP contribution in [0.15, 0.2) is 182 Å². The second-order valence-electron chi connectivity index (χ2n) is 21.9. The first-order valence-corrected chi connectivity index (χ1v) is 35.8. The van der Waals surface area contributed by atoms with E-state index in [-0.39, 0.29) is 32.6 Å². The minimum absolute atomic E-state index is 0.0356. The van der Waals surface area contributed by atoms with Gasteiger partial charge in [-0.2, -0.15) is 0 Å². The Morgan fingerprint density at radius 2 is 0.609 bits per heavy atom. The lowest BCUT2D eigenvalue weighted by atomic mass is 10.0. The van der Waals surface area contributed by atoms with Crippen LogP contribution in [0.4, 0.5) is 0 Å². The Balaban J connectivity index is 4.00. The van der Waals surface area contributed by atoms with Crippen molar-refractivity contribution in [3.05, 3.63) is 182 Å². The number of hydrogen-bond donors (Lipinski definition) is 2. The fourth-order valence-electron chi connectivity index (χ4n) is 8.82. The standard InChI is InChI=1S/C77H124NO8P/c1-3-5-7-9-11-13-15-17-19-21-23-25-27-29-31-33-34-35-36-37-38-39-40-42-43-45-47-49-51-53-55-57-59-61-63-65-67-69-76(79)83-73-75(74-85-87(81,82)84-72-71-78)86-77(80)70-68-66-64-62-60-58-56-54-52-50-48-46-44-41-32-30-28-26-24-22-20-18-16-14-12-10-8-6-4-2/h5-8,11-14,17-20,23-26,29-32,34-35,44,46,50,52,56,58,62,64,75H,3-4,9-10,15-16,21-22,27-28,33,36-43,45,47-49,51,53-55,57,59-61,63,65-74,78H2,1-2H3,(H,81,82)/b7-5-,8-6-,13-11-,14-12-,19-17-,20-18-,25-23-,26-24-,31-29-,32-30-,35-34-,46-44-,52-50-,58-56-,64-62-. The third-order valence-corrected chi connectivity index (χ3v) is 14.8. The van der Waals surface area contributed by atoms with Crippen LogP contribution in [-0.2, 0) is 32.7 Å². The Hall–Kier alpha value is -4.89. The largest absolute Gasteiger partial charge is 0.472 e. The van der Waals surface area contributed by atoms with Crippen LogP contribution in [0.2, 0.25) is 0 Å². The first kappa shape index (κ1) is 82.1. The van der Waals surface area contributed by atoms with Crippen molar-refractivity contribution in [1.82, 2.24) is 0 Å². The highest BCUT2D eigenvalue weighted by Gasteiger charge is 2.26. The van der Waals surface area contributed by atoms with Gasteiger partial charge in [-0.3, -0.25) is 18.6 Å². The third-order valence-electron chi connectivity index (χ3n) is 13.8. The summed E-state index contributed by atoms with van der Waals surface area (Å²) in [6.07, 6.45) is 106. The molecule has 0 amide bonds. The van der Waals surface area contributed by atoms with Crippen LogP contribution >= 0.6 is 7.82 Å². The quantitative estimate of drug-likeness (QED) is 0.0264. The Labute approximate surface area is 533 Å². The van der Waals surface area contributed by atoms with Crippen molar-refractivity contribution in [3.8, 4) is 0 Å². The summed E-state index contributed by atoms with van der Waals surface area (Å²) in [6.45, 7) is 3.44. The van der Waals surface area contributed by atoms with Crippen LogP contribution < -0.4 is 5.73 Å². The normalized spacial score (nSPS) is 14.1. The highest BCUT2D eigenvalue weighted by Crippen LogP contribution is 2.43. The van der Waals surface area contributed by atoms with E-state index in [4.69, 9.17) is 24.3 Å². The van der Waals surface area contributed by atoms with E-state index in [1.54, 1.807) is 0 Å². The second kappa shape index (κ2) is 70.2. The number of carbonyl (C=O) groups excluding carboxylic acids is 2. The van der Waals surface area contributed by atoms with Gasteiger partial charge in [0.05, 0.1) is 13.2 Å². The van der Waals surface area contributed by atoms with Crippen LogP contribution in [0.3, 0.4) is 0 Å². The first-order chi connectivity index (χ1) is 42.8. The molecule has 0 saturated carbocycles. The highest BCUT2D eigenvalue weighted by molar-refractivity contribution is 7.47. The SMILES string of the molecule is CC/C=C\C/C=C\C/C=C\C/C=C\C/C=C\C/C=C\C/C=C\C/C=C\C/C=C\CCCC(=O)OC(COC(=O)CCCCCCCCCCCCCCCCCCCC/C=C\C/C=C\C/C=C\C/C=C\C/C=C\C/C=C\CC)COP(=O)(O)OCCN. The maximum Gasteiger partial charge on any atom is 0.472 e. The molecule has 0 aliphatic carbocycles. The number of unbranched alkanes of at least 4 members (excludes halogenated alkanes) is 19. The minimum Gasteiger partial charge on any atom is -0.462 e. The predicted molar refractivity (Wildman–Crippen MR) is 376 cm³/mol. The number of nitrogens with two attached hydrogens (primary N) is 1. The van der Waals surface area contributed by atoms with Crippen molar-refractivity contribution in [2.24, 2.45) is 5.73 Å². The van der Waals surface area contributed by atoms with E-state index in [9.17, 15) is 19.0 Å². The Morgan fingerprint density at radius 3 is 0.920 bits per heavy atom. The number of phosphoric ester groups is 1. The summed E-state index contributed by atoms with van der Waals surface area (Å²) in [4.78, 5) is 35.3. The van der Waals surface area contributed by atoms with Gasteiger partial charge >= 0.3 is 19.8 Å². The average Bonchev–Trinajstić information content (AvgIpc) is 3.63. The summed E-state index contributed by atoms with van der Waals surface area (Å²) < 4.78 is 33.1. The van der Waals surface area contributed by atoms with Crippen LogP contribution in [0.25, 0.3) is 0 Å². The van der Waals surface area contributed by atoms with Crippen molar-refractivity contribution >= 4 is 19.8 Å². The molecule has 0 fully saturated rings. The van der Waals surface area contributed by atoms with Gasteiger partial charge in [0.25, 0.3) is 0 Å². The number of ether oxygens (including phenoxy) is 2. The monoisotopic (exact) mass is 1220 g/mol. The summed E-state index contributed by atoms with van der Waals surface area (Å²) in [7, 11) is -4.42. The minimum atomic E-state index is -4.42. The van der Waals surface area contributed by atoms with Crippen molar-refractivity contribution in [3.63, 3.8) is 0 Å². The lowest BCUT2D eigenvalue weighted by molar-refractivity contribution is -0.161. The Bertz CT molecular complexity index is 2080. The summed E-state index contributed by atoms with van der Waals surface area (Å²) in [5, 5.41) is 0. The van der Waals surface area contributed by atoms with Crippen molar-refractivity contribution in [2.45, 2.75) is 264 Å². The van der Waals surface area contributed by atoms with Crippen molar-refractivity contribution in [1.29, 1.82) is 0 Å². The zero-order chi connectivity index (χ0) is 63.0. The molecular weight excluding hydrogens is 1100 g/mol. The summed E-state index contributed by atoms with van der Waals surface area (Å²) in [5.41, 5.74) is 5.39. The van der Waals surface area contributed by atoms with Gasteiger partial charge in [-0.15, -0.1) is 0 Å². The van der Waals surface area contributed by atoms with Gasteiger partial charge in [0, 0.05) is 19.4 Å². The van der Waals surface area contributed by atoms with E-state index in [0.717, 1.165) is 116 Å². The molecule has 0 aromatic heterocycles. The first-order valence-electron chi connectivity index (χ1n) is 34.3. The van der Waals surface area contributed by atoms with Crippen LogP contribution in [0, 0.1) is 0 Å². The molecule has 9 nitrogen and oxygen atoms in total. The fraction of sp³-hybridized carbons (Fsp3) is 0.584. The molecule has 0 heterocycles. The molecule has 0 spiro atoms. The number of phosphoric acid groups is 1. The van der Waals surface area contributed by atoms with Gasteiger partial charge in [-0.05, 0) is 128 Å². The molecule has 0 radical (unpaired) electrons. The highest BCUT2D eigenvalue weighted by atomic mass is 31.2. The van der Waals surface area contributed by atoms with Gasteiger partial charge in [0.2, 0.25) is 0 Å². The summed E-state index contributed by atoms with van der Waals surface area (Å²) >= 11 is 0. The Morgan fingerprint density at radius 1 is 0.345 bits per heavy atom. The number of esters is 2. The number of carbonyl (C=O) groups is 2. The molecule has 490 valence electrons. The van der Waals surface area contributed by atoms with Crippen molar-refractivity contribution in [2.75, 3.05) is 26.4 Å². The summed E-state index contributed by atoms with van der Waals surface area (Å²) in [6, 6.07) is 0. The molecule has 87 heavy (non-hydrogen) atoms. The van der Waals surface area contributed by atoms with E-state index in [0.29, 0.717) is 12.8 Å². The zero-order valence-corrected chi connectivity index (χ0v) is 55.8. The molecule has 0 saturated heterocycles. The molecule has 0 aliphatic heterocycles. The van der Waals surface area contributed by atoms with Crippen LogP contribution in [0.1, 0.15) is 258 Å². The Kier molecular flexibility index (Phi) is 66.3. The molecule has 0 rings (SSSR count). The lowest BCUT2D eigenvalue weighted by Gasteiger charge is -2.19. The zero-order valence-electron chi connectivity index (χ0n) is 54.9. The maximum absolute atomic E-state index is 12.7. The number of allylic oxidation sites excluding steroid dienone is 30. The van der Waals surface area contributed by atoms with Gasteiger partial charge in [-0.25, -0.2) is 4.57 Å². The molecule has 2 unspecified atom stereocenters. The maximum atomic E-state index is 12.7. The van der Waals surface area contributed by atoms with Crippen LogP contribution in [0.5, 0.6) is 0 Å². The average molecular weight is 1220 g/mol. The van der Waals surface area contributed by atoms with Gasteiger partial charge in [0.1, 0.15) is 6.61 Å². The van der Waals surface area contributed by atoms with E-state index < -0.39 is 32.5 Å². The third kappa shape index (κ3) is 70.1.